The van der Waals surface area contributed by atoms with Gasteiger partial charge in [0.25, 0.3) is 0 Å². The minimum atomic E-state index is -0.756. The minimum Gasteiger partial charge on any atom is -0.454 e. The molecular formula is C19H12N2O6. The lowest BCUT2D eigenvalue weighted by Gasteiger charge is -2.06. The highest BCUT2D eigenvalue weighted by atomic mass is 16.7. The van der Waals surface area contributed by atoms with E-state index in [-0.39, 0.29) is 23.7 Å². The number of carbonyl (C=O) groups is 1. The van der Waals surface area contributed by atoms with Gasteiger partial charge in [0.05, 0.1) is 4.92 Å². The summed E-state index contributed by atoms with van der Waals surface area (Å²) in [6, 6.07) is 11.5. The third kappa shape index (κ3) is 3.28. The second-order valence-electron chi connectivity index (χ2n) is 5.61. The quantitative estimate of drug-likeness (QED) is 0.230. The largest absolute Gasteiger partial charge is 0.454 e. The molecule has 0 fully saturated rings. The van der Waals surface area contributed by atoms with Crippen molar-refractivity contribution in [3.05, 3.63) is 70.4 Å². The summed E-state index contributed by atoms with van der Waals surface area (Å²) in [5.41, 5.74) is 0.615. The number of hydrogen-bond acceptors (Lipinski definition) is 7. The molecule has 27 heavy (non-hydrogen) atoms. The molecule has 0 saturated heterocycles. The molecule has 2 aromatic carbocycles. The molecular weight excluding hydrogens is 352 g/mol. The lowest BCUT2D eigenvalue weighted by Crippen LogP contribution is -2.07. The van der Waals surface area contributed by atoms with E-state index < -0.39 is 10.9 Å². The zero-order chi connectivity index (χ0) is 18.8. The van der Waals surface area contributed by atoms with Crippen molar-refractivity contribution in [3.63, 3.8) is 0 Å². The molecule has 134 valence electrons. The van der Waals surface area contributed by atoms with E-state index >= 15 is 0 Å². The van der Waals surface area contributed by atoms with Crippen LogP contribution >= 0.6 is 0 Å². The van der Waals surface area contributed by atoms with Crippen LogP contribution < -0.4 is 14.2 Å². The summed E-state index contributed by atoms with van der Waals surface area (Å²) in [5, 5.41) is 11.9. The number of nitro groups is 1. The number of pyridine rings is 1. The van der Waals surface area contributed by atoms with Crippen molar-refractivity contribution in [2.24, 2.45) is 0 Å². The molecule has 0 atom stereocenters. The van der Waals surface area contributed by atoms with Gasteiger partial charge in [-0.25, -0.2) is 4.79 Å². The molecule has 1 aliphatic heterocycles. The predicted octanol–water partition coefficient (Wildman–Crippen LogP) is 3.49. The summed E-state index contributed by atoms with van der Waals surface area (Å²) in [6.07, 6.45) is 4.18. The summed E-state index contributed by atoms with van der Waals surface area (Å²) in [5.74, 6) is 0.277. The van der Waals surface area contributed by atoms with Gasteiger partial charge in [-0.05, 0) is 35.9 Å². The number of aromatic nitrogens is 1. The molecule has 8 heteroatoms. The number of fused-ring (bicyclic) bond motifs is 2. The molecule has 1 aromatic heterocycles. The van der Waals surface area contributed by atoms with Gasteiger partial charge in [-0.2, -0.15) is 0 Å². The Labute approximate surface area is 152 Å². The predicted molar refractivity (Wildman–Crippen MR) is 95.6 cm³/mol. The van der Waals surface area contributed by atoms with E-state index in [2.05, 4.69) is 4.98 Å². The molecule has 1 aliphatic rings. The van der Waals surface area contributed by atoms with Crippen molar-refractivity contribution >= 4 is 28.6 Å². The zero-order valence-corrected chi connectivity index (χ0v) is 13.8. The van der Waals surface area contributed by atoms with Gasteiger partial charge in [0.15, 0.2) is 11.5 Å². The first kappa shape index (κ1) is 16.5. The summed E-state index contributed by atoms with van der Waals surface area (Å²) in [7, 11) is 0. The highest BCUT2D eigenvalue weighted by Gasteiger charge is 2.21. The van der Waals surface area contributed by atoms with Crippen molar-refractivity contribution in [1.82, 2.24) is 4.98 Å². The highest BCUT2D eigenvalue weighted by molar-refractivity contribution is 5.94. The van der Waals surface area contributed by atoms with Gasteiger partial charge in [0.2, 0.25) is 12.5 Å². The Kier molecular flexibility index (Phi) is 4.13. The maximum atomic E-state index is 12.2. The van der Waals surface area contributed by atoms with E-state index in [0.717, 1.165) is 0 Å². The Morgan fingerprint density at radius 3 is 2.89 bits per heavy atom. The highest BCUT2D eigenvalue weighted by Crippen LogP contribution is 2.35. The SMILES string of the molecule is O=C(/C=C/c1ccc2c(c1)OCO2)Oc1c([N+](=O)[O-])ccc2cccnc12. The first-order chi connectivity index (χ1) is 13.1. The van der Waals surface area contributed by atoms with E-state index in [4.69, 9.17) is 14.2 Å². The van der Waals surface area contributed by atoms with Crippen molar-refractivity contribution in [2.45, 2.75) is 0 Å². The average molecular weight is 364 g/mol. The maximum absolute atomic E-state index is 12.2. The molecule has 0 bridgehead atoms. The first-order valence-electron chi connectivity index (χ1n) is 7.93. The summed E-state index contributed by atoms with van der Waals surface area (Å²) in [6.45, 7) is 0.155. The average Bonchev–Trinajstić information content (AvgIpc) is 3.14. The zero-order valence-electron chi connectivity index (χ0n) is 13.8. The smallest absolute Gasteiger partial charge is 0.336 e. The molecule has 0 amide bonds. The maximum Gasteiger partial charge on any atom is 0.336 e. The van der Waals surface area contributed by atoms with Crippen LogP contribution in [0.3, 0.4) is 0 Å². The molecule has 0 N–H and O–H groups in total. The van der Waals surface area contributed by atoms with Gasteiger partial charge < -0.3 is 14.2 Å². The van der Waals surface area contributed by atoms with Gasteiger partial charge in [0.1, 0.15) is 5.52 Å². The van der Waals surface area contributed by atoms with Gasteiger partial charge >= 0.3 is 11.7 Å². The van der Waals surface area contributed by atoms with Crippen LogP contribution in [0, 0.1) is 10.1 Å². The fraction of sp³-hybridized carbons (Fsp3) is 0.0526. The Morgan fingerprint density at radius 2 is 2.04 bits per heavy atom. The van der Waals surface area contributed by atoms with Crippen molar-refractivity contribution in [2.75, 3.05) is 6.79 Å². The molecule has 3 aromatic rings. The van der Waals surface area contributed by atoms with Crippen molar-refractivity contribution in [1.29, 1.82) is 0 Å². The van der Waals surface area contributed by atoms with Crippen LogP contribution in [0.2, 0.25) is 0 Å². The van der Waals surface area contributed by atoms with Gasteiger partial charge in [-0.3, -0.25) is 15.1 Å². The standard InChI is InChI=1S/C19H12N2O6/c22-17(8-4-12-3-7-15-16(10-12)26-11-25-15)27-19-14(21(23)24)6-5-13-2-1-9-20-18(13)19/h1-10H,11H2/b8-4+. The number of nitrogens with zero attached hydrogens (tertiary/aromatic N) is 2. The molecule has 0 aliphatic carbocycles. The molecule has 8 nitrogen and oxygen atoms in total. The third-order valence-corrected chi connectivity index (χ3v) is 3.92. The normalized spacial score (nSPS) is 12.4. The molecule has 0 saturated carbocycles. The van der Waals surface area contributed by atoms with Crippen LogP contribution in [0.25, 0.3) is 17.0 Å². The van der Waals surface area contributed by atoms with Gasteiger partial charge in [0, 0.05) is 23.7 Å². The van der Waals surface area contributed by atoms with Crippen LogP contribution in [-0.2, 0) is 4.79 Å². The van der Waals surface area contributed by atoms with Crippen molar-refractivity contribution in [3.8, 4) is 17.2 Å². The Hall–Kier alpha value is -3.94. The number of carbonyl (C=O) groups excluding carboxylic acids is 1. The second kappa shape index (κ2) is 6.75. The molecule has 2 heterocycles. The molecule has 0 radical (unpaired) electrons. The fourth-order valence-corrected chi connectivity index (χ4v) is 2.67. The number of benzene rings is 2. The topological polar surface area (TPSA) is 101 Å². The van der Waals surface area contributed by atoms with Gasteiger partial charge in [-0.1, -0.05) is 12.1 Å². The summed E-state index contributed by atoms with van der Waals surface area (Å²) in [4.78, 5) is 27.0. The minimum absolute atomic E-state index is 0.155. The monoisotopic (exact) mass is 364 g/mol. The lowest BCUT2D eigenvalue weighted by atomic mass is 10.2. The Balaban J connectivity index is 1.61. The van der Waals surface area contributed by atoms with Crippen LogP contribution in [-0.4, -0.2) is 22.7 Å². The molecule has 0 unspecified atom stereocenters. The van der Waals surface area contributed by atoms with Crippen LogP contribution in [0.15, 0.2) is 54.7 Å². The van der Waals surface area contributed by atoms with E-state index in [1.54, 1.807) is 36.4 Å². The van der Waals surface area contributed by atoms with E-state index in [0.29, 0.717) is 22.4 Å². The number of hydrogen-bond donors (Lipinski definition) is 0. The van der Waals surface area contributed by atoms with Crippen LogP contribution in [0.1, 0.15) is 5.56 Å². The second-order valence-corrected chi connectivity index (χ2v) is 5.61. The van der Waals surface area contributed by atoms with Gasteiger partial charge in [-0.15, -0.1) is 0 Å². The summed E-state index contributed by atoms with van der Waals surface area (Å²) < 4.78 is 15.8. The molecule has 0 spiro atoms. The van der Waals surface area contributed by atoms with Crippen LogP contribution in [0.5, 0.6) is 17.2 Å². The number of rotatable bonds is 4. The molecule has 4 rings (SSSR count). The van der Waals surface area contributed by atoms with Crippen LogP contribution in [0.4, 0.5) is 5.69 Å². The lowest BCUT2D eigenvalue weighted by molar-refractivity contribution is -0.385. The number of ether oxygens (including phenoxy) is 3. The fourth-order valence-electron chi connectivity index (χ4n) is 2.67. The number of nitro benzene ring substituents is 1. The summed E-state index contributed by atoms with van der Waals surface area (Å²) >= 11 is 0. The Morgan fingerprint density at radius 1 is 1.19 bits per heavy atom. The van der Waals surface area contributed by atoms with E-state index in [9.17, 15) is 14.9 Å². The van der Waals surface area contributed by atoms with E-state index in [1.807, 2.05) is 0 Å². The van der Waals surface area contributed by atoms with Crippen molar-refractivity contribution < 1.29 is 23.9 Å². The Bertz CT molecular complexity index is 1090. The third-order valence-electron chi connectivity index (χ3n) is 3.92. The van der Waals surface area contributed by atoms with E-state index in [1.165, 1.54) is 24.4 Å². The number of esters is 1. The first-order valence-corrected chi connectivity index (χ1v) is 7.93.